The molecule has 21 heavy (non-hydrogen) atoms. The number of nitrogens with two attached hydrogens (primary N) is 1. The maximum Gasteiger partial charge on any atom is 0.0671 e. The van der Waals surface area contributed by atoms with Gasteiger partial charge < -0.3 is 0 Å². The first-order chi connectivity index (χ1) is 10.2. The Morgan fingerprint density at radius 3 is 2.62 bits per heavy atom. The summed E-state index contributed by atoms with van der Waals surface area (Å²) < 4.78 is 2.02. The summed E-state index contributed by atoms with van der Waals surface area (Å²) in [7, 11) is 0. The average molecular weight is 293 g/mol. The maximum absolute atomic E-state index is 5.94. The number of piperidine rings is 1. The number of nitrogens with zero attached hydrogens (tertiary/aromatic N) is 3. The molecule has 0 spiro atoms. The van der Waals surface area contributed by atoms with Gasteiger partial charge in [-0.05, 0) is 45.7 Å². The van der Waals surface area contributed by atoms with Crippen molar-refractivity contribution in [3.8, 4) is 0 Å². The summed E-state index contributed by atoms with van der Waals surface area (Å²) in [5.41, 5.74) is 4.30. The SMILES string of the molecule is CCCn1cc(C(NN)C(C)(CC)N2CCCCC2)cn1. The van der Waals surface area contributed by atoms with E-state index in [0.717, 1.165) is 19.4 Å². The minimum absolute atomic E-state index is 0.0370. The van der Waals surface area contributed by atoms with E-state index in [-0.39, 0.29) is 11.6 Å². The molecule has 1 aromatic rings. The van der Waals surface area contributed by atoms with Gasteiger partial charge in [0.2, 0.25) is 0 Å². The number of aromatic nitrogens is 2. The van der Waals surface area contributed by atoms with Crippen LogP contribution in [0.2, 0.25) is 0 Å². The van der Waals surface area contributed by atoms with Crippen LogP contribution in [0.25, 0.3) is 0 Å². The fourth-order valence-corrected chi connectivity index (χ4v) is 3.53. The van der Waals surface area contributed by atoms with Crippen molar-refractivity contribution in [2.24, 2.45) is 5.84 Å². The number of nitrogens with one attached hydrogen (secondary N) is 1. The van der Waals surface area contributed by atoms with Crippen molar-refractivity contribution in [1.82, 2.24) is 20.1 Å². The zero-order chi connectivity index (χ0) is 15.3. The molecule has 0 aliphatic carbocycles. The Hall–Kier alpha value is -0.910. The largest absolute Gasteiger partial charge is 0.296 e. The van der Waals surface area contributed by atoms with Crippen LogP contribution in [-0.4, -0.2) is 33.3 Å². The highest BCUT2D eigenvalue weighted by Crippen LogP contribution is 2.35. The Morgan fingerprint density at radius 1 is 1.33 bits per heavy atom. The van der Waals surface area contributed by atoms with Crippen molar-refractivity contribution in [2.75, 3.05) is 13.1 Å². The van der Waals surface area contributed by atoms with E-state index in [2.05, 4.69) is 42.4 Å². The van der Waals surface area contributed by atoms with Gasteiger partial charge in [0.1, 0.15) is 0 Å². The van der Waals surface area contributed by atoms with Gasteiger partial charge in [0.25, 0.3) is 0 Å². The second kappa shape index (κ2) is 7.38. The predicted molar refractivity (Wildman–Crippen MR) is 86.7 cm³/mol. The molecule has 2 atom stereocenters. The van der Waals surface area contributed by atoms with Gasteiger partial charge in [-0.3, -0.25) is 20.9 Å². The smallest absolute Gasteiger partial charge is 0.0671 e. The Balaban J connectivity index is 2.22. The summed E-state index contributed by atoms with van der Waals surface area (Å²) in [6.45, 7) is 10.1. The molecule has 2 unspecified atom stereocenters. The lowest BCUT2D eigenvalue weighted by Gasteiger charge is -2.47. The normalized spacial score (nSPS) is 21.1. The highest BCUT2D eigenvalue weighted by atomic mass is 15.3. The lowest BCUT2D eigenvalue weighted by Crippen LogP contribution is -2.57. The monoisotopic (exact) mass is 293 g/mol. The van der Waals surface area contributed by atoms with Crippen LogP contribution in [0.5, 0.6) is 0 Å². The lowest BCUT2D eigenvalue weighted by atomic mass is 9.83. The molecular weight excluding hydrogens is 262 g/mol. The third-order valence-electron chi connectivity index (χ3n) is 5.02. The van der Waals surface area contributed by atoms with Crippen LogP contribution in [0.15, 0.2) is 12.4 Å². The molecule has 2 heterocycles. The van der Waals surface area contributed by atoms with Gasteiger partial charge >= 0.3 is 0 Å². The summed E-state index contributed by atoms with van der Waals surface area (Å²) in [5, 5.41) is 4.47. The molecule has 1 fully saturated rings. The summed E-state index contributed by atoms with van der Waals surface area (Å²) in [4.78, 5) is 2.61. The van der Waals surface area contributed by atoms with E-state index in [1.54, 1.807) is 0 Å². The first-order valence-corrected chi connectivity index (χ1v) is 8.39. The van der Waals surface area contributed by atoms with E-state index in [9.17, 15) is 0 Å². The number of hydrogen-bond donors (Lipinski definition) is 2. The molecule has 0 amide bonds. The summed E-state index contributed by atoms with van der Waals surface area (Å²) in [6.07, 6.45) is 10.2. The van der Waals surface area contributed by atoms with Crippen LogP contribution < -0.4 is 11.3 Å². The van der Waals surface area contributed by atoms with E-state index < -0.39 is 0 Å². The zero-order valence-corrected chi connectivity index (χ0v) is 13.8. The standard InChI is InChI=1S/C16H31N5/c1-4-9-21-13-14(12-18-21)15(19-17)16(3,5-2)20-10-7-6-8-11-20/h12-13,15,19H,4-11,17H2,1-3H3. The third-order valence-corrected chi connectivity index (χ3v) is 5.02. The minimum atomic E-state index is 0.0370. The van der Waals surface area contributed by atoms with Crippen LogP contribution in [0.3, 0.4) is 0 Å². The molecule has 0 bridgehead atoms. The number of likely N-dealkylation sites (tertiary alicyclic amines) is 1. The van der Waals surface area contributed by atoms with E-state index in [4.69, 9.17) is 5.84 Å². The Kier molecular flexibility index (Phi) is 5.79. The second-order valence-corrected chi connectivity index (χ2v) is 6.39. The van der Waals surface area contributed by atoms with Crippen molar-refractivity contribution in [1.29, 1.82) is 0 Å². The summed E-state index contributed by atoms with van der Waals surface area (Å²) in [6, 6.07) is 0.117. The predicted octanol–water partition coefficient (Wildman–Crippen LogP) is 2.45. The number of aryl methyl sites for hydroxylation is 1. The topological polar surface area (TPSA) is 59.1 Å². The van der Waals surface area contributed by atoms with Gasteiger partial charge in [0.05, 0.1) is 12.2 Å². The molecular formula is C16H31N5. The van der Waals surface area contributed by atoms with Crippen LogP contribution in [0, 0.1) is 0 Å². The summed E-state index contributed by atoms with van der Waals surface area (Å²) in [5.74, 6) is 5.94. The Bertz CT molecular complexity index is 424. The molecule has 1 aliphatic heterocycles. The van der Waals surface area contributed by atoms with Gasteiger partial charge in [-0.15, -0.1) is 0 Å². The second-order valence-electron chi connectivity index (χ2n) is 6.39. The van der Waals surface area contributed by atoms with Crippen molar-refractivity contribution in [3.63, 3.8) is 0 Å². The summed E-state index contributed by atoms with van der Waals surface area (Å²) >= 11 is 0. The van der Waals surface area contributed by atoms with Crippen LogP contribution in [0.1, 0.15) is 64.5 Å². The number of hydrogen-bond acceptors (Lipinski definition) is 4. The van der Waals surface area contributed by atoms with Crippen molar-refractivity contribution in [3.05, 3.63) is 18.0 Å². The Labute approximate surface area is 128 Å². The zero-order valence-electron chi connectivity index (χ0n) is 13.8. The molecule has 1 aromatic heterocycles. The van der Waals surface area contributed by atoms with Gasteiger partial charge in [-0.1, -0.05) is 20.3 Å². The van der Waals surface area contributed by atoms with Crippen LogP contribution in [-0.2, 0) is 6.54 Å². The van der Waals surface area contributed by atoms with Crippen LogP contribution >= 0.6 is 0 Å². The number of rotatable bonds is 7. The van der Waals surface area contributed by atoms with Crippen molar-refractivity contribution >= 4 is 0 Å². The molecule has 0 aromatic carbocycles. The molecule has 5 heteroatoms. The molecule has 1 saturated heterocycles. The van der Waals surface area contributed by atoms with Gasteiger partial charge in [-0.2, -0.15) is 5.10 Å². The molecule has 120 valence electrons. The van der Waals surface area contributed by atoms with Crippen LogP contribution in [0.4, 0.5) is 0 Å². The quantitative estimate of drug-likeness (QED) is 0.599. The van der Waals surface area contributed by atoms with E-state index >= 15 is 0 Å². The van der Waals surface area contributed by atoms with E-state index in [0.29, 0.717) is 0 Å². The van der Waals surface area contributed by atoms with Gasteiger partial charge in [-0.25, -0.2) is 0 Å². The average Bonchev–Trinajstić information content (AvgIpc) is 2.97. The fourth-order valence-electron chi connectivity index (χ4n) is 3.53. The van der Waals surface area contributed by atoms with Crippen molar-refractivity contribution in [2.45, 2.75) is 71.0 Å². The lowest BCUT2D eigenvalue weighted by molar-refractivity contribution is 0.0424. The maximum atomic E-state index is 5.94. The van der Waals surface area contributed by atoms with Gasteiger partial charge in [0.15, 0.2) is 0 Å². The molecule has 0 radical (unpaired) electrons. The minimum Gasteiger partial charge on any atom is -0.296 e. The Morgan fingerprint density at radius 2 is 2.05 bits per heavy atom. The molecule has 0 saturated carbocycles. The first kappa shape index (κ1) is 16.5. The first-order valence-electron chi connectivity index (χ1n) is 8.39. The highest BCUT2D eigenvalue weighted by molar-refractivity contribution is 5.17. The fraction of sp³-hybridized carbons (Fsp3) is 0.812. The molecule has 1 aliphatic rings. The van der Waals surface area contributed by atoms with Crippen molar-refractivity contribution < 1.29 is 0 Å². The molecule has 5 nitrogen and oxygen atoms in total. The highest BCUT2D eigenvalue weighted by Gasteiger charge is 2.39. The third kappa shape index (κ3) is 3.47. The van der Waals surface area contributed by atoms with E-state index in [1.807, 2.05) is 10.9 Å². The molecule has 2 rings (SSSR count). The number of hydrazine groups is 1. The molecule has 3 N–H and O–H groups in total. The van der Waals surface area contributed by atoms with Gasteiger partial charge in [0, 0.05) is 23.8 Å². The van der Waals surface area contributed by atoms with E-state index in [1.165, 1.54) is 37.9 Å².